The number of carbonyl (C=O) groups excluding carboxylic acids is 1. The number of ether oxygens (including phenoxy) is 1. The van der Waals surface area contributed by atoms with Crippen LogP contribution in [0.5, 0.6) is 0 Å². The number of hydrogen-bond acceptors (Lipinski definition) is 4. The Labute approximate surface area is 142 Å². The quantitative estimate of drug-likeness (QED) is 0.661. The first kappa shape index (κ1) is 15.8. The third-order valence-corrected chi connectivity index (χ3v) is 5.72. The Kier molecular flexibility index (Phi) is 5.49. The van der Waals surface area contributed by atoms with E-state index in [4.69, 9.17) is 16.3 Å². The molecule has 0 radical (unpaired) electrons. The molecule has 1 atom stereocenters. The van der Waals surface area contributed by atoms with E-state index in [2.05, 4.69) is 37.2 Å². The molecule has 0 spiro atoms. The normalized spacial score (nSPS) is 12.0. The third kappa shape index (κ3) is 3.55. The fourth-order valence-electron chi connectivity index (χ4n) is 1.61. The molecule has 3 nitrogen and oxygen atoms in total. The predicted octanol–water partition coefficient (Wildman–Crippen LogP) is 5.25. The van der Waals surface area contributed by atoms with Crippen molar-refractivity contribution in [3.8, 4) is 0 Å². The fraction of sp³-hybridized carbons (Fsp3) is 0.154. The first-order valence-electron chi connectivity index (χ1n) is 5.55. The van der Waals surface area contributed by atoms with E-state index in [0.717, 1.165) is 19.5 Å². The summed E-state index contributed by atoms with van der Waals surface area (Å²) in [7, 11) is 1.37. The second kappa shape index (κ2) is 6.93. The first-order valence-corrected chi connectivity index (χ1v) is 8.39. The van der Waals surface area contributed by atoms with E-state index in [1.54, 1.807) is 6.07 Å². The van der Waals surface area contributed by atoms with Crippen molar-refractivity contribution < 1.29 is 9.53 Å². The van der Waals surface area contributed by atoms with Crippen molar-refractivity contribution in [2.24, 2.45) is 0 Å². The van der Waals surface area contributed by atoms with Crippen molar-refractivity contribution in [3.63, 3.8) is 0 Å². The molecule has 106 valence electrons. The lowest BCUT2D eigenvalue weighted by atomic mass is 10.2. The Balaban J connectivity index is 2.31. The molecule has 0 bridgehead atoms. The molecule has 20 heavy (non-hydrogen) atoms. The molecule has 1 aromatic carbocycles. The van der Waals surface area contributed by atoms with Crippen molar-refractivity contribution in [3.05, 3.63) is 48.5 Å². The molecule has 7 heteroatoms. The lowest BCUT2D eigenvalue weighted by Crippen LogP contribution is -2.21. The van der Waals surface area contributed by atoms with Gasteiger partial charge in [-0.3, -0.25) is 0 Å². The second-order valence-electron chi connectivity index (χ2n) is 3.86. The molecule has 0 amide bonds. The molecule has 2 rings (SSSR count). The van der Waals surface area contributed by atoms with Crippen LogP contribution in [0.4, 0.5) is 5.69 Å². The summed E-state index contributed by atoms with van der Waals surface area (Å²) in [6, 6.07) is 6.72. The Morgan fingerprint density at radius 2 is 2.10 bits per heavy atom. The molecule has 0 saturated carbocycles. The van der Waals surface area contributed by atoms with Crippen molar-refractivity contribution in [2.45, 2.75) is 6.04 Å². The van der Waals surface area contributed by atoms with Gasteiger partial charge in [0.15, 0.2) is 6.04 Å². The number of benzene rings is 1. The fourth-order valence-corrected chi connectivity index (χ4v) is 3.75. The molecule has 0 fully saturated rings. The van der Waals surface area contributed by atoms with Gasteiger partial charge in [-0.05, 0) is 61.5 Å². The van der Waals surface area contributed by atoms with Crippen LogP contribution in [0.1, 0.15) is 10.9 Å². The van der Waals surface area contributed by atoms with Gasteiger partial charge in [0.05, 0.1) is 17.0 Å². The highest BCUT2D eigenvalue weighted by Crippen LogP contribution is 2.33. The van der Waals surface area contributed by atoms with Crippen LogP contribution in [0.3, 0.4) is 0 Å². The van der Waals surface area contributed by atoms with Gasteiger partial charge in [0.25, 0.3) is 0 Å². The topological polar surface area (TPSA) is 38.3 Å². The van der Waals surface area contributed by atoms with Gasteiger partial charge in [-0.2, -0.15) is 0 Å². The van der Waals surface area contributed by atoms with Crippen molar-refractivity contribution in [1.29, 1.82) is 0 Å². The van der Waals surface area contributed by atoms with Crippen LogP contribution in [0.25, 0.3) is 0 Å². The lowest BCUT2D eigenvalue weighted by Gasteiger charge is -2.17. The standard InChI is InChI=1S/C13H10Br2ClNO2S/c1-19-13(18)11(12-8(14)4-5-20-12)17-7-2-3-10(16)9(15)6-7/h2-6,11,17H,1H3. The molecule has 0 aliphatic carbocycles. The van der Waals surface area contributed by atoms with Gasteiger partial charge in [-0.15, -0.1) is 11.3 Å². The molecular formula is C13H10Br2ClNO2S. The molecule has 1 unspecified atom stereocenters. The number of anilines is 1. The van der Waals surface area contributed by atoms with Gasteiger partial charge >= 0.3 is 5.97 Å². The van der Waals surface area contributed by atoms with Crippen LogP contribution in [0.2, 0.25) is 5.02 Å². The Bertz CT molecular complexity index is 633. The number of rotatable bonds is 4. The van der Waals surface area contributed by atoms with Gasteiger partial charge < -0.3 is 10.1 Å². The van der Waals surface area contributed by atoms with E-state index < -0.39 is 6.04 Å². The number of carbonyl (C=O) groups is 1. The van der Waals surface area contributed by atoms with Crippen molar-refractivity contribution >= 4 is 66.5 Å². The highest BCUT2D eigenvalue weighted by atomic mass is 79.9. The van der Waals surface area contributed by atoms with Crippen molar-refractivity contribution in [1.82, 2.24) is 0 Å². The summed E-state index contributed by atoms with van der Waals surface area (Å²) in [5.74, 6) is -0.348. The molecule has 0 aliphatic rings. The molecule has 0 saturated heterocycles. The summed E-state index contributed by atoms with van der Waals surface area (Å²) in [4.78, 5) is 12.8. The second-order valence-corrected chi connectivity index (χ2v) is 6.93. The SMILES string of the molecule is COC(=O)C(Nc1ccc(Cl)c(Br)c1)c1sccc1Br. The third-order valence-electron chi connectivity index (χ3n) is 2.57. The Hall–Kier alpha value is -0.560. The molecule has 1 heterocycles. The Morgan fingerprint density at radius 3 is 2.65 bits per heavy atom. The monoisotopic (exact) mass is 437 g/mol. The van der Waals surface area contributed by atoms with Gasteiger partial charge in [0.1, 0.15) is 0 Å². The molecule has 1 aromatic heterocycles. The van der Waals surface area contributed by atoms with E-state index in [1.807, 2.05) is 23.6 Å². The molecule has 1 N–H and O–H groups in total. The zero-order valence-electron chi connectivity index (χ0n) is 10.3. The summed E-state index contributed by atoms with van der Waals surface area (Å²) in [6.07, 6.45) is 0. The smallest absolute Gasteiger partial charge is 0.333 e. The van der Waals surface area contributed by atoms with Gasteiger partial charge in [-0.1, -0.05) is 11.6 Å². The minimum atomic E-state index is -0.567. The minimum absolute atomic E-state index is 0.348. The average molecular weight is 440 g/mol. The lowest BCUT2D eigenvalue weighted by molar-refractivity contribution is -0.141. The van der Waals surface area contributed by atoms with Crippen LogP contribution in [-0.4, -0.2) is 13.1 Å². The molecule has 2 aromatic rings. The maximum absolute atomic E-state index is 12.0. The highest BCUT2D eigenvalue weighted by Gasteiger charge is 2.25. The largest absolute Gasteiger partial charge is 0.467 e. The number of methoxy groups -OCH3 is 1. The minimum Gasteiger partial charge on any atom is -0.467 e. The first-order chi connectivity index (χ1) is 9.52. The Morgan fingerprint density at radius 1 is 1.35 bits per heavy atom. The number of thiophene rings is 1. The summed E-state index contributed by atoms with van der Waals surface area (Å²) >= 11 is 14.2. The maximum Gasteiger partial charge on any atom is 0.333 e. The number of hydrogen-bond donors (Lipinski definition) is 1. The van der Waals surface area contributed by atoms with Crippen LogP contribution >= 0.6 is 54.8 Å². The van der Waals surface area contributed by atoms with E-state index in [9.17, 15) is 4.79 Å². The van der Waals surface area contributed by atoms with Crippen LogP contribution in [0, 0.1) is 0 Å². The highest BCUT2D eigenvalue weighted by molar-refractivity contribution is 9.10. The molecule has 0 aliphatic heterocycles. The number of nitrogens with one attached hydrogen (secondary N) is 1. The van der Waals surface area contributed by atoms with E-state index in [0.29, 0.717) is 5.02 Å². The van der Waals surface area contributed by atoms with E-state index >= 15 is 0 Å². The zero-order chi connectivity index (χ0) is 14.7. The van der Waals surface area contributed by atoms with Gasteiger partial charge in [-0.25, -0.2) is 4.79 Å². The van der Waals surface area contributed by atoms with Gasteiger partial charge in [0.2, 0.25) is 0 Å². The summed E-state index contributed by atoms with van der Waals surface area (Å²) < 4.78 is 6.50. The number of esters is 1. The summed E-state index contributed by atoms with van der Waals surface area (Å²) in [5, 5.41) is 5.68. The van der Waals surface area contributed by atoms with Crippen LogP contribution in [0.15, 0.2) is 38.6 Å². The summed E-state index contributed by atoms with van der Waals surface area (Å²) in [6.45, 7) is 0. The predicted molar refractivity (Wildman–Crippen MR) is 89.6 cm³/mol. The maximum atomic E-state index is 12.0. The van der Waals surface area contributed by atoms with Crippen molar-refractivity contribution in [2.75, 3.05) is 12.4 Å². The summed E-state index contributed by atoms with van der Waals surface area (Å²) in [5.41, 5.74) is 0.775. The van der Waals surface area contributed by atoms with E-state index in [-0.39, 0.29) is 5.97 Å². The van der Waals surface area contributed by atoms with Gasteiger partial charge in [0, 0.05) is 14.6 Å². The number of halogens is 3. The van der Waals surface area contributed by atoms with E-state index in [1.165, 1.54) is 18.4 Å². The average Bonchev–Trinajstić information content (AvgIpc) is 2.85. The van der Waals surface area contributed by atoms with Crippen LogP contribution < -0.4 is 5.32 Å². The van der Waals surface area contributed by atoms with Crippen LogP contribution in [-0.2, 0) is 9.53 Å². The zero-order valence-corrected chi connectivity index (χ0v) is 15.1. The molecular weight excluding hydrogens is 429 g/mol.